The Morgan fingerprint density at radius 2 is 0.944 bits per heavy atom. The molecule has 0 heterocycles. The first kappa shape index (κ1) is 51.6. The number of carbonyl (C=O) groups is 4. The number of carboxylic acid groups (broad SMARTS) is 1. The summed E-state index contributed by atoms with van der Waals surface area (Å²) in [7, 11) is 0. The second kappa shape index (κ2) is 40.2. The van der Waals surface area contributed by atoms with E-state index in [1.165, 1.54) is 135 Å². The van der Waals surface area contributed by atoms with Crippen LogP contribution in [0.5, 0.6) is 0 Å². The summed E-state index contributed by atoms with van der Waals surface area (Å²) in [5, 5.41) is 22.6. The monoisotopic (exact) mass is 765 g/mol. The normalized spacial score (nSPS) is 12.5. The molecule has 4 N–H and O–H groups in total. The average Bonchev–Trinajstić information content (AvgIpc) is 3.15. The molecule has 2 atom stereocenters. The van der Waals surface area contributed by atoms with Crippen molar-refractivity contribution in [3.05, 3.63) is 12.2 Å². The molecular formula is C45H84N2O7. The molecule has 0 spiro atoms. The molecule has 9 heteroatoms. The van der Waals surface area contributed by atoms with Gasteiger partial charge < -0.3 is 25.6 Å². The van der Waals surface area contributed by atoms with Gasteiger partial charge in [0.25, 0.3) is 0 Å². The van der Waals surface area contributed by atoms with Crippen LogP contribution in [-0.4, -0.2) is 59.3 Å². The number of amides is 2. The molecule has 0 aliphatic heterocycles. The van der Waals surface area contributed by atoms with Crippen LogP contribution in [0, 0.1) is 0 Å². The van der Waals surface area contributed by atoms with Gasteiger partial charge in [-0.05, 0) is 64.2 Å². The molecule has 2 unspecified atom stereocenters. The van der Waals surface area contributed by atoms with Gasteiger partial charge >= 0.3 is 11.9 Å². The highest BCUT2D eigenvalue weighted by atomic mass is 16.5. The van der Waals surface area contributed by atoms with E-state index in [4.69, 9.17) is 14.9 Å². The van der Waals surface area contributed by atoms with Gasteiger partial charge in [-0.1, -0.05) is 161 Å². The summed E-state index contributed by atoms with van der Waals surface area (Å²) in [5.74, 6) is -2.29. The molecular weight excluding hydrogens is 681 g/mol. The number of rotatable bonds is 41. The highest BCUT2D eigenvalue weighted by Crippen LogP contribution is 2.19. The van der Waals surface area contributed by atoms with Gasteiger partial charge in [-0.15, -0.1) is 0 Å². The number of allylic oxidation sites excluding steroid dienone is 2. The van der Waals surface area contributed by atoms with Crippen molar-refractivity contribution in [2.24, 2.45) is 0 Å². The summed E-state index contributed by atoms with van der Waals surface area (Å²) in [6, 6.07) is -1.38. The van der Waals surface area contributed by atoms with E-state index in [1.807, 2.05) is 0 Å². The summed E-state index contributed by atoms with van der Waals surface area (Å²) in [4.78, 5) is 47.6. The number of aliphatic hydroxyl groups excluding tert-OH is 1. The molecule has 54 heavy (non-hydrogen) atoms. The van der Waals surface area contributed by atoms with Crippen molar-refractivity contribution < 1.29 is 34.1 Å². The standard InChI is InChI=1S/C45H84N2O7/c1-3-5-7-9-11-13-15-16-17-18-19-20-22-24-29-33-37-44(51)54-40(34-30-26-23-21-14-12-10-8-6-4-2)35-31-27-25-28-32-36-42(49)46-38-43(50)47-41(39-48)45(52)53/h17-18,40-41,48H,3-16,19-39H2,1-2H3,(H,46,49)(H,47,50)(H,52,53)/b18-17-. The number of esters is 1. The molecule has 0 aromatic heterocycles. The van der Waals surface area contributed by atoms with Gasteiger partial charge in [0.1, 0.15) is 12.1 Å². The van der Waals surface area contributed by atoms with Crippen LogP contribution in [0.1, 0.15) is 226 Å². The Bertz CT molecular complexity index is 926. The highest BCUT2D eigenvalue weighted by molar-refractivity contribution is 5.87. The molecule has 0 radical (unpaired) electrons. The van der Waals surface area contributed by atoms with E-state index in [2.05, 4.69) is 36.6 Å². The zero-order valence-corrected chi connectivity index (χ0v) is 35.0. The van der Waals surface area contributed by atoms with E-state index in [-0.39, 0.29) is 24.5 Å². The van der Waals surface area contributed by atoms with Crippen LogP contribution in [0.2, 0.25) is 0 Å². The molecule has 0 aromatic rings. The van der Waals surface area contributed by atoms with Gasteiger partial charge in [-0.2, -0.15) is 0 Å². The van der Waals surface area contributed by atoms with E-state index < -0.39 is 24.5 Å². The summed E-state index contributed by atoms with van der Waals surface area (Å²) in [6.07, 6.45) is 42.4. The van der Waals surface area contributed by atoms with E-state index in [0.717, 1.165) is 57.8 Å². The van der Waals surface area contributed by atoms with Gasteiger partial charge in [-0.25, -0.2) is 4.79 Å². The van der Waals surface area contributed by atoms with Gasteiger partial charge in [0.05, 0.1) is 13.2 Å². The zero-order valence-electron chi connectivity index (χ0n) is 35.0. The predicted octanol–water partition coefficient (Wildman–Crippen LogP) is 11.0. The minimum absolute atomic E-state index is 0.0112. The Morgan fingerprint density at radius 1 is 0.537 bits per heavy atom. The van der Waals surface area contributed by atoms with E-state index in [9.17, 15) is 19.2 Å². The fourth-order valence-electron chi connectivity index (χ4n) is 6.77. The summed E-state index contributed by atoms with van der Waals surface area (Å²) >= 11 is 0. The Kier molecular flexibility index (Phi) is 38.4. The summed E-state index contributed by atoms with van der Waals surface area (Å²) in [5.41, 5.74) is 0. The molecule has 0 saturated carbocycles. The number of hydrogen-bond donors (Lipinski definition) is 4. The van der Waals surface area contributed by atoms with Crippen molar-refractivity contribution in [3.63, 3.8) is 0 Å². The molecule has 0 aliphatic rings. The van der Waals surface area contributed by atoms with E-state index in [1.54, 1.807) is 0 Å². The molecule has 0 aliphatic carbocycles. The van der Waals surface area contributed by atoms with Crippen molar-refractivity contribution >= 4 is 23.8 Å². The maximum absolute atomic E-state index is 12.8. The minimum Gasteiger partial charge on any atom is -0.480 e. The predicted molar refractivity (Wildman–Crippen MR) is 222 cm³/mol. The second-order valence-corrected chi connectivity index (χ2v) is 15.5. The van der Waals surface area contributed by atoms with Crippen LogP contribution in [-0.2, 0) is 23.9 Å². The molecule has 0 fully saturated rings. The van der Waals surface area contributed by atoms with Crippen LogP contribution in [0.4, 0.5) is 0 Å². The van der Waals surface area contributed by atoms with Gasteiger partial charge in [0.15, 0.2) is 0 Å². The SMILES string of the molecule is CCCCCCCCC/C=C\CCCCCCCC(=O)OC(CCCCCCCCCCCC)CCCCCCCC(=O)NCC(=O)NC(CO)C(=O)O. The van der Waals surface area contributed by atoms with Crippen LogP contribution in [0.25, 0.3) is 0 Å². The lowest BCUT2D eigenvalue weighted by Crippen LogP contribution is -2.47. The lowest BCUT2D eigenvalue weighted by atomic mass is 10.0. The van der Waals surface area contributed by atoms with Crippen molar-refractivity contribution in [1.82, 2.24) is 10.6 Å². The Hall–Kier alpha value is -2.42. The first-order valence-corrected chi connectivity index (χ1v) is 22.6. The fraction of sp³-hybridized carbons (Fsp3) is 0.867. The number of unbranched alkanes of at least 4 members (excludes halogenated alkanes) is 25. The molecule has 316 valence electrons. The Morgan fingerprint density at radius 3 is 1.39 bits per heavy atom. The smallest absolute Gasteiger partial charge is 0.328 e. The number of carbonyl (C=O) groups excluding carboxylic acids is 3. The van der Waals surface area contributed by atoms with Crippen molar-refractivity contribution in [3.8, 4) is 0 Å². The van der Waals surface area contributed by atoms with Crippen molar-refractivity contribution in [2.75, 3.05) is 13.2 Å². The Labute approximate surface area is 331 Å². The second-order valence-electron chi connectivity index (χ2n) is 15.5. The van der Waals surface area contributed by atoms with Crippen LogP contribution < -0.4 is 10.6 Å². The van der Waals surface area contributed by atoms with Crippen molar-refractivity contribution in [1.29, 1.82) is 0 Å². The lowest BCUT2D eigenvalue weighted by Gasteiger charge is -2.18. The first-order chi connectivity index (χ1) is 26.3. The molecule has 9 nitrogen and oxygen atoms in total. The topological polar surface area (TPSA) is 142 Å². The number of hydrogen-bond acceptors (Lipinski definition) is 6. The van der Waals surface area contributed by atoms with Crippen molar-refractivity contribution in [2.45, 2.75) is 238 Å². The molecule has 0 aromatic carbocycles. The minimum atomic E-state index is -1.38. The number of ether oxygens (including phenoxy) is 1. The molecule has 2 amide bonds. The van der Waals surface area contributed by atoms with Crippen LogP contribution in [0.15, 0.2) is 12.2 Å². The number of aliphatic hydroxyl groups is 1. The third-order valence-electron chi connectivity index (χ3n) is 10.3. The average molecular weight is 765 g/mol. The highest BCUT2D eigenvalue weighted by Gasteiger charge is 2.19. The largest absolute Gasteiger partial charge is 0.480 e. The lowest BCUT2D eigenvalue weighted by molar-refractivity contribution is -0.150. The van der Waals surface area contributed by atoms with E-state index in [0.29, 0.717) is 19.3 Å². The Balaban J connectivity index is 4.25. The van der Waals surface area contributed by atoms with Gasteiger partial charge in [0, 0.05) is 12.8 Å². The number of aliphatic carboxylic acids is 1. The van der Waals surface area contributed by atoms with Crippen LogP contribution >= 0.6 is 0 Å². The maximum Gasteiger partial charge on any atom is 0.328 e. The molecule has 0 rings (SSSR count). The quantitative estimate of drug-likeness (QED) is 0.0276. The molecule has 0 saturated heterocycles. The molecule has 0 bridgehead atoms. The zero-order chi connectivity index (χ0) is 39.7. The van der Waals surface area contributed by atoms with Gasteiger partial charge in [-0.3, -0.25) is 14.4 Å². The first-order valence-electron chi connectivity index (χ1n) is 22.6. The summed E-state index contributed by atoms with van der Waals surface area (Å²) < 4.78 is 6.03. The third kappa shape index (κ3) is 36.6. The van der Waals surface area contributed by atoms with Gasteiger partial charge in [0.2, 0.25) is 11.8 Å². The number of carboxylic acids is 1. The summed E-state index contributed by atoms with van der Waals surface area (Å²) in [6.45, 7) is 3.49. The fourth-order valence-corrected chi connectivity index (χ4v) is 6.77. The number of nitrogens with one attached hydrogen (secondary N) is 2. The maximum atomic E-state index is 12.8. The third-order valence-corrected chi connectivity index (χ3v) is 10.3. The van der Waals surface area contributed by atoms with E-state index >= 15 is 0 Å². The van der Waals surface area contributed by atoms with Crippen LogP contribution in [0.3, 0.4) is 0 Å².